The molecule has 2 aliphatic heterocycles. The van der Waals surface area contributed by atoms with Gasteiger partial charge < -0.3 is 10.2 Å². The first kappa shape index (κ1) is 33.4. The van der Waals surface area contributed by atoms with Gasteiger partial charge in [0.05, 0.1) is 11.3 Å². The Morgan fingerprint density at radius 2 is 1.81 bits per heavy atom. The first-order valence-electron chi connectivity index (χ1n) is 15.8. The van der Waals surface area contributed by atoms with Crippen LogP contribution in [-0.4, -0.2) is 68.6 Å². The number of fused-ring (bicyclic) bond motifs is 1. The average molecular weight is 650 g/mol. The third-order valence-corrected chi connectivity index (χ3v) is 8.23. The summed E-state index contributed by atoms with van der Waals surface area (Å²) in [4.78, 5) is 76.1. The van der Waals surface area contributed by atoms with Crippen molar-refractivity contribution in [1.82, 2.24) is 24.3 Å². The number of aromatic nitrogens is 3. The molecule has 0 bridgehead atoms. The van der Waals surface area contributed by atoms with Crippen LogP contribution in [0.1, 0.15) is 67.4 Å². The highest BCUT2D eigenvalue weighted by Crippen LogP contribution is 2.26. The molecule has 1 N–H and O–H groups in total. The molecule has 4 heterocycles. The Hall–Kier alpha value is -5.01. The van der Waals surface area contributed by atoms with E-state index in [4.69, 9.17) is 0 Å². The van der Waals surface area contributed by atoms with E-state index in [1.54, 1.807) is 17.0 Å². The Bertz CT molecular complexity index is 1830. The number of nitrogens with one attached hydrogen (secondary N) is 1. The van der Waals surface area contributed by atoms with E-state index in [0.29, 0.717) is 49.2 Å². The van der Waals surface area contributed by atoms with E-state index in [-0.39, 0.29) is 61.6 Å². The SMILES string of the molecule is CCCn1c(=O)c2c(n(CCNC(C)=O)c1=O)N=C(c1ccc(N(CCCN3CCCCC3=O)C(=O)c3ccc(F)c(F)c3)nc1)C2. The van der Waals surface area contributed by atoms with Crippen LogP contribution in [0.3, 0.4) is 0 Å². The third kappa shape index (κ3) is 7.36. The van der Waals surface area contributed by atoms with Crippen LogP contribution in [0.5, 0.6) is 0 Å². The van der Waals surface area contributed by atoms with E-state index in [9.17, 15) is 32.8 Å². The number of hydrogen-bond donors (Lipinski definition) is 1. The fourth-order valence-electron chi connectivity index (χ4n) is 5.83. The number of anilines is 1. The van der Waals surface area contributed by atoms with Gasteiger partial charge in [0.25, 0.3) is 11.5 Å². The Morgan fingerprint density at radius 1 is 1.00 bits per heavy atom. The minimum absolute atomic E-state index is 0.0555. The summed E-state index contributed by atoms with van der Waals surface area (Å²) in [6.45, 7) is 5.04. The van der Waals surface area contributed by atoms with Crippen LogP contribution in [0.15, 0.2) is 51.1 Å². The van der Waals surface area contributed by atoms with E-state index in [0.717, 1.165) is 25.0 Å². The Labute approximate surface area is 269 Å². The molecule has 14 heteroatoms. The van der Waals surface area contributed by atoms with E-state index in [1.165, 1.54) is 33.2 Å². The molecule has 5 rings (SSSR count). The van der Waals surface area contributed by atoms with Crippen molar-refractivity contribution in [3.05, 3.63) is 85.7 Å². The highest BCUT2D eigenvalue weighted by molar-refractivity contribution is 6.07. The van der Waals surface area contributed by atoms with Gasteiger partial charge in [0.15, 0.2) is 11.6 Å². The highest BCUT2D eigenvalue weighted by atomic mass is 19.2. The number of carbonyl (C=O) groups excluding carboxylic acids is 3. The number of halogens is 2. The number of likely N-dealkylation sites (tertiary alicyclic amines) is 1. The second-order valence-corrected chi connectivity index (χ2v) is 11.6. The first-order chi connectivity index (χ1) is 22.6. The third-order valence-electron chi connectivity index (χ3n) is 8.23. The zero-order valence-electron chi connectivity index (χ0n) is 26.4. The summed E-state index contributed by atoms with van der Waals surface area (Å²) in [6.07, 6.45) is 4.93. The van der Waals surface area contributed by atoms with Gasteiger partial charge in [-0.25, -0.2) is 23.6 Å². The fraction of sp³-hybridized carbons (Fsp3) is 0.424. The number of amides is 3. The van der Waals surface area contributed by atoms with Crippen LogP contribution < -0.4 is 21.5 Å². The van der Waals surface area contributed by atoms with Crippen LogP contribution in [0.4, 0.5) is 20.4 Å². The van der Waals surface area contributed by atoms with Crippen LogP contribution in [0.2, 0.25) is 0 Å². The topological polar surface area (TPSA) is 139 Å². The van der Waals surface area contributed by atoms with Crippen LogP contribution >= 0.6 is 0 Å². The lowest BCUT2D eigenvalue weighted by Gasteiger charge is -2.28. The zero-order valence-corrected chi connectivity index (χ0v) is 26.4. The molecule has 0 atom stereocenters. The van der Waals surface area contributed by atoms with Crippen LogP contribution in [-0.2, 0) is 29.1 Å². The number of benzene rings is 1. The molecule has 3 amide bonds. The van der Waals surface area contributed by atoms with Crippen LogP contribution in [0, 0.1) is 11.6 Å². The summed E-state index contributed by atoms with van der Waals surface area (Å²) in [6, 6.07) is 6.23. The van der Waals surface area contributed by atoms with Crippen molar-refractivity contribution in [3.63, 3.8) is 0 Å². The Kier molecular flexibility index (Phi) is 10.4. The molecule has 2 aliphatic rings. The van der Waals surface area contributed by atoms with Crippen molar-refractivity contribution in [2.45, 2.75) is 65.5 Å². The van der Waals surface area contributed by atoms with E-state index < -0.39 is 28.8 Å². The quantitative estimate of drug-likeness (QED) is 0.320. The molecule has 3 aromatic rings. The van der Waals surface area contributed by atoms with E-state index >= 15 is 0 Å². The maximum atomic E-state index is 14.1. The number of piperidine rings is 1. The molecule has 12 nitrogen and oxygen atoms in total. The van der Waals surface area contributed by atoms with Crippen molar-refractivity contribution in [2.24, 2.45) is 4.99 Å². The highest BCUT2D eigenvalue weighted by Gasteiger charge is 2.27. The number of pyridine rings is 1. The molecular formula is C33H37F2N7O5. The zero-order chi connectivity index (χ0) is 33.7. The molecule has 1 saturated heterocycles. The molecule has 1 aromatic carbocycles. The number of rotatable bonds is 12. The molecule has 2 aromatic heterocycles. The first-order valence-corrected chi connectivity index (χ1v) is 15.8. The smallest absolute Gasteiger partial charge is 0.332 e. The number of carbonyl (C=O) groups is 3. The standard InChI is InChI=1S/C33H37F2N7O5/c1-3-13-42-32(46)24-19-27(38-30(24)41(33(42)47)17-12-36-21(2)43)23-9-11-28(37-20-23)40(16-6-15-39-14-5-4-7-29(39)44)31(45)22-8-10-25(34)26(35)18-22/h8-11,18,20H,3-7,12-17,19H2,1-2H3,(H,36,43). The number of hydrogen-bond acceptors (Lipinski definition) is 7. The van der Waals surface area contributed by atoms with Crippen molar-refractivity contribution in [2.75, 3.05) is 31.1 Å². The van der Waals surface area contributed by atoms with E-state index in [2.05, 4.69) is 15.3 Å². The van der Waals surface area contributed by atoms with Gasteiger partial charge in [0, 0.05) is 76.4 Å². The van der Waals surface area contributed by atoms with Crippen LogP contribution in [0.25, 0.3) is 0 Å². The molecule has 0 radical (unpaired) electrons. The molecule has 0 aliphatic carbocycles. The minimum atomic E-state index is -1.15. The van der Waals surface area contributed by atoms with Gasteiger partial charge >= 0.3 is 5.69 Å². The molecule has 0 unspecified atom stereocenters. The number of nitrogens with zero attached hydrogens (tertiary/aromatic N) is 6. The average Bonchev–Trinajstić information content (AvgIpc) is 3.50. The van der Waals surface area contributed by atoms with Gasteiger partial charge in [0.2, 0.25) is 11.8 Å². The van der Waals surface area contributed by atoms with Gasteiger partial charge in [-0.15, -0.1) is 0 Å². The fourth-order valence-corrected chi connectivity index (χ4v) is 5.83. The summed E-state index contributed by atoms with van der Waals surface area (Å²) in [5.41, 5.74) is 0.451. The van der Waals surface area contributed by atoms with Gasteiger partial charge in [0.1, 0.15) is 11.6 Å². The Balaban J connectivity index is 1.42. The lowest BCUT2D eigenvalue weighted by molar-refractivity contribution is -0.133. The van der Waals surface area contributed by atoms with Gasteiger partial charge in [-0.05, 0) is 56.0 Å². The summed E-state index contributed by atoms with van der Waals surface area (Å²) in [5, 5.41) is 2.66. The Morgan fingerprint density at radius 3 is 2.49 bits per heavy atom. The monoisotopic (exact) mass is 649 g/mol. The summed E-state index contributed by atoms with van der Waals surface area (Å²) >= 11 is 0. The molecule has 1 fully saturated rings. The summed E-state index contributed by atoms with van der Waals surface area (Å²) in [7, 11) is 0. The molecule has 0 spiro atoms. The minimum Gasteiger partial charge on any atom is -0.355 e. The lowest BCUT2D eigenvalue weighted by atomic mass is 10.1. The van der Waals surface area contributed by atoms with Gasteiger partial charge in [-0.3, -0.25) is 33.2 Å². The second-order valence-electron chi connectivity index (χ2n) is 11.6. The largest absolute Gasteiger partial charge is 0.355 e. The van der Waals surface area contributed by atoms with Crippen molar-refractivity contribution >= 4 is 35.1 Å². The second kappa shape index (κ2) is 14.6. The van der Waals surface area contributed by atoms with Crippen molar-refractivity contribution < 1.29 is 23.2 Å². The van der Waals surface area contributed by atoms with E-state index in [1.807, 2.05) is 6.92 Å². The van der Waals surface area contributed by atoms with Gasteiger partial charge in [-0.1, -0.05) is 6.92 Å². The maximum Gasteiger partial charge on any atom is 0.332 e. The molecular weight excluding hydrogens is 612 g/mol. The molecule has 47 heavy (non-hydrogen) atoms. The lowest BCUT2D eigenvalue weighted by Crippen LogP contribution is -2.42. The van der Waals surface area contributed by atoms with Crippen molar-refractivity contribution in [3.8, 4) is 0 Å². The summed E-state index contributed by atoms with van der Waals surface area (Å²) < 4.78 is 30.3. The number of aliphatic imine (C=N–C) groups is 1. The van der Waals surface area contributed by atoms with Crippen molar-refractivity contribution in [1.29, 1.82) is 0 Å². The molecule has 248 valence electrons. The van der Waals surface area contributed by atoms with Gasteiger partial charge in [-0.2, -0.15) is 0 Å². The predicted molar refractivity (Wildman–Crippen MR) is 171 cm³/mol. The maximum absolute atomic E-state index is 14.1. The summed E-state index contributed by atoms with van der Waals surface area (Å²) in [5.74, 6) is -2.49. The predicted octanol–water partition coefficient (Wildman–Crippen LogP) is 2.96. The normalized spacial score (nSPS) is 14.2. The molecule has 0 saturated carbocycles.